The minimum Gasteiger partial charge on any atom is -0.349 e. The Morgan fingerprint density at radius 2 is 1.95 bits per heavy atom. The Balaban J connectivity index is 2.25. The predicted octanol–water partition coefficient (Wildman–Crippen LogP) is 4.07. The summed E-state index contributed by atoms with van der Waals surface area (Å²) in [5.74, 6) is -2.49. The molecule has 0 radical (unpaired) electrons. The number of alkyl halides is 3. The molecular formula is C13H8ClF4NO. The van der Waals surface area contributed by atoms with Crippen LogP contribution in [0.5, 0.6) is 0 Å². The molecular weight excluding hydrogens is 298 g/mol. The van der Waals surface area contributed by atoms with E-state index in [9.17, 15) is 22.4 Å². The molecule has 0 atom stereocenters. The summed E-state index contributed by atoms with van der Waals surface area (Å²) >= 11 is 5.82. The van der Waals surface area contributed by atoms with Gasteiger partial charge < -0.3 is 4.57 Å². The zero-order valence-corrected chi connectivity index (χ0v) is 10.7. The lowest BCUT2D eigenvalue weighted by Crippen LogP contribution is -2.22. The zero-order valence-electron chi connectivity index (χ0n) is 9.92. The van der Waals surface area contributed by atoms with Gasteiger partial charge >= 0.3 is 6.18 Å². The minimum absolute atomic E-state index is 0.0589. The van der Waals surface area contributed by atoms with E-state index in [-0.39, 0.29) is 17.1 Å². The van der Waals surface area contributed by atoms with Crippen molar-refractivity contribution in [2.75, 3.05) is 0 Å². The van der Waals surface area contributed by atoms with Crippen LogP contribution in [0.25, 0.3) is 0 Å². The van der Waals surface area contributed by atoms with Gasteiger partial charge in [-0.2, -0.15) is 13.2 Å². The van der Waals surface area contributed by atoms with E-state index in [1.54, 1.807) is 0 Å². The Hall–Kier alpha value is -1.82. The average molecular weight is 306 g/mol. The van der Waals surface area contributed by atoms with E-state index in [1.807, 2.05) is 0 Å². The summed E-state index contributed by atoms with van der Waals surface area (Å²) in [6.07, 6.45) is -2.65. The number of hydrogen-bond donors (Lipinski definition) is 0. The molecule has 20 heavy (non-hydrogen) atoms. The highest BCUT2D eigenvalue weighted by Gasteiger charge is 2.39. The number of halogens is 5. The first-order valence-electron chi connectivity index (χ1n) is 5.49. The van der Waals surface area contributed by atoms with Crippen molar-refractivity contribution in [1.29, 1.82) is 0 Å². The topological polar surface area (TPSA) is 22.0 Å². The molecule has 1 heterocycles. The summed E-state index contributed by atoms with van der Waals surface area (Å²) in [5.41, 5.74) is -0.347. The number of benzene rings is 1. The second-order valence-corrected chi connectivity index (χ2v) is 4.51. The summed E-state index contributed by atoms with van der Waals surface area (Å²) in [4.78, 5) is 11.0. The van der Waals surface area contributed by atoms with Crippen molar-refractivity contribution in [3.05, 3.63) is 58.6 Å². The molecule has 0 amide bonds. The van der Waals surface area contributed by atoms with Gasteiger partial charge in [0.2, 0.25) is 0 Å². The van der Waals surface area contributed by atoms with E-state index < -0.39 is 23.3 Å². The quantitative estimate of drug-likeness (QED) is 0.619. The lowest BCUT2D eigenvalue weighted by atomic mass is 10.2. The monoisotopic (exact) mass is 305 g/mol. The van der Waals surface area contributed by atoms with Gasteiger partial charge in [0, 0.05) is 28.5 Å². The number of nitrogens with zero attached hydrogens (tertiary/aromatic N) is 1. The maximum Gasteiger partial charge on any atom is 0.454 e. The smallest absolute Gasteiger partial charge is 0.349 e. The molecule has 1 aromatic carbocycles. The number of rotatable bonds is 3. The zero-order chi connectivity index (χ0) is 14.9. The lowest BCUT2D eigenvalue weighted by Gasteiger charge is -2.07. The highest BCUT2D eigenvalue weighted by Crippen LogP contribution is 2.23. The van der Waals surface area contributed by atoms with Gasteiger partial charge in [0.05, 0.1) is 6.54 Å². The lowest BCUT2D eigenvalue weighted by molar-refractivity contribution is -0.0885. The molecule has 1 aromatic heterocycles. The van der Waals surface area contributed by atoms with Crippen molar-refractivity contribution in [1.82, 2.24) is 4.57 Å². The largest absolute Gasteiger partial charge is 0.454 e. The molecule has 2 rings (SSSR count). The Morgan fingerprint density at radius 1 is 1.25 bits per heavy atom. The summed E-state index contributed by atoms with van der Waals surface area (Å²) in [5, 5.41) is 0.169. The molecule has 0 aliphatic rings. The molecule has 2 aromatic rings. The van der Waals surface area contributed by atoms with Gasteiger partial charge in [-0.25, -0.2) is 4.39 Å². The summed E-state index contributed by atoms with van der Waals surface area (Å²) < 4.78 is 51.6. The summed E-state index contributed by atoms with van der Waals surface area (Å²) in [7, 11) is 0. The molecule has 106 valence electrons. The van der Waals surface area contributed by atoms with Crippen molar-refractivity contribution in [3.8, 4) is 0 Å². The van der Waals surface area contributed by atoms with Gasteiger partial charge in [-0.3, -0.25) is 4.79 Å². The Kier molecular flexibility index (Phi) is 3.85. The molecule has 0 spiro atoms. The minimum atomic E-state index is -4.93. The van der Waals surface area contributed by atoms with Crippen LogP contribution in [0.2, 0.25) is 5.02 Å². The molecule has 0 aliphatic heterocycles. The molecule has 0 fully saturated rings. The van der Waals surface area contributed by atoms with Crippen molar-refractivity contribution < 1.29 is 22.4 Å². The second-order valence-electron chi connectivity index (χ2n) is 4.10. The third kappa shape index (κ3) is 3.01. The molecule has 0 unspecified atom stereocenters. The Morgan fingerprint density at radius 3 is 2.55 bits per heavy atom. The third-order valence-corrected chi connectivity index (χ3v) is 3.03. The summed E-state index contributed by atoms with van der Waals surface area (Å²) in [6, 6.07) is 5.14. The van der Waals surface area contributed by atoms with E-state index in [0.29, 0.717) is 0 Å². The average Bonchev–Trinajstić information content (AvgIpc) is 2.80. The first kappa shape index (κ1) is 14.6. The van der Waals surface area contributed by atoms with E-state index in [4.69, 9.17) is 11.6 Å². The molecule has 0 N–H and O–H groups in total. The standard InChI is InChI=1S/C13H8ClF4NO/c14-10-2-1-3-11(15)9(10)7-19-5-4-8(6-19)12(20)13(16,17)18/h1-6H,7H2. The van der Waals surface area contributed by atoms with Gasteiger partial charge in [-0.15, -0.1) is 0 Å². The SMILES string of the molecule is O=C(c1ccn(Cc2c(F)cccc2Cl)c1)C(F)(F)F. The van der Waals surface area contributed by atoms with Crippen molar-refractivity contribution in [2.45, 2.75) is 12.7 Å². The molecule has 0 aliphatic carbocycles. The second kappa shape index (κ2) is 5.28. The van der Waals surface area contributed by atoms with Crippen molar-refractivity contribution in [3.63, 3.8) is 0 Å². The van der Waals surface area contributed by atoms with Crippen LogP contribution >= 0.6 is 11.6 Å². The van der Waals surface area contributed by atoms with E-state index in [2.05, 4.69) is 0 Å². The number of Topliss-reactive ketones (excluding diaryl/α,β-unsaturated/α-hetero) is 1. The first-order chi connectivity index (χ1) is 9.29. The fourth-order valence-corrected chi connectivity index (χ4v) is 1.93. The van der Waals surface area contributed by atoms with Crippen molar-refractivity contribution in [2.24, 2.45) is 0 Å². The van der Waals surface area contributed by atoms with Gasteiger partial charge in [0.15, 0.2) is 0 Å². The third-order valence-electron chi connectivity index (χ3n) is 2.67. The van der Waals surface area contributed by atoms with E-state index >= 15 is 0 Å². The fraction of sp³-hybridized carbons (Fsp3) is 0.154. The van der Waals surface area contributed by atoms with Gasteiger partial charge in [-0.05, 0) is 18.2 Å². The number of ketones is 1. The van der Waals surface area contributed by atoms with Crippen LogP contribution < -0.4 is 0 Å². The number of aromatic nitrogens is 1. The van der Waals surface area contributed by atoms with Crippen LogP contribution in [0, 0.1) is 5.82 Å². The number of carbonyl (C=O) groups excluding carboxylic acids is 1. The Labute approximate surface area is 116 Å². The van der Waals surface area contributed by atoms with Crippen LogP contribution in [0.4, 0.5) is 17.6 Å². The van der Waals surface area contributed by atoms with Crippen LogP contribution in [0.15, 0.2) is 36.7 Å². The maximum absolute atomic E-state index is 13.5. The van der Waals surface area contributed by atoms with Gasteiger partial charge in [0.25, 0.3) is 5.78 Å². The maximum atomic E-state index is 13.5. The highest BCUT2D eigenvalue weighted by atomic mass is 35.5. The number of carbonyl (C=O) groups is 1. The molecule has 0 saturated heterocycles. The normalized spacial score (nSPS) is 11.7. The van der Waals surface area contributed by atoms with Gasteiger partial charge in [-0.1, -0.05) is 17.7 Å². The fourth-order valence-electron chi connectivity index (χ4n) is 1.70. The number of hydrogen-bond acceptors (Lipinski definition) is 1. The van der Waals surface area contributed by atoms with E-state index in [0.717, 1.165) is 12.3 Å². The van der Waals surface area contributed by atoms with Gasteiger partial charge in [0.1, 0.15) is 5.82 Å². The summed E-state index contributed by atoms with van der Waals surface area (Å²) in [6.45, 7) is -0.0589. The molecule has 0 saturated carbocycles. The van der Waals surface area contributed by atoms with Crippen molar-refractivity contribution >= 4 is 17.4 Å². The molecule has 0 bridgehead atoms. The highest BCUT2D eigenvalue weighted by molar-refractivity contribution is 6.31. The van der Waals surface area contributed by atoms with Crippen LogP contribution in [0.1, 0.15) is 15.9 Å². The first-order valence-corrected chi connectivity index (χ1v) is 5.87. The van der Waals surface area contributed by atoms with E-state index in [1.165, 1.54) is 29.0 Å². The van der Waals surface area contributed by atoms with Crippen LogP contribution in [0.3, 0.4) is 0 Å². The van der Waals surface area contributed by atoms with Crippen LogP contribution in [-0.2, 0) is 6.54 Å². The molecule has 2 nitrogen and oxygen atoms in total. The molecule has 7 heteroatoms. The Bertz CT molecular complexity index is 628. The van der Waals surface area contributed by atoms with Crippen LogP contribution in [-0.4, -0.2) is 16.5 Å². The predicted molar refractivity (Wildman–Crippen MR) is 65.3 cm³/mol.